The molecule has 0 aliphatic carbocycles. The van der Waals surface area contributed by atoms with Crippen molar-refractivity contribution in [2.24, 2.45) is 0 Å². The summed E-state index contributed by atoms with van der Waals surface area (Å²) in [6.45, 7) is 3.01. The lowest BCUT2D eigenvalue weighted by Crippen LogP contribution is -2.23. The zero-order valence-electron chi connectivity index (χ0n) is 11.8. The Morgan fingerprint density at radius 2 is 2.00 bits per heavy atom. The highest BCUT2D eigenvalue weighted by Crippen LogP contribution is 2.31. The molecule has 0 radical (unpaired) electrons. The molecule has 0 bridgehead atoms. The van der Waals surface area contributed by atoms with Crippen LogP contribution in [0.1, 0.15) is 31.4 Å². The summed E-state index contributed by atoms with van der Waals surface area (Å²) in [4.78, 5) is 25.0. The highest BCUT2D eigenvalue weighted by molar-refractivity contribution is 6.38. The van der Waals surface area contributed by atoms with Crippen LogP contribution < -0.4 is 0 Å². The van der Waals surface area contributed by atoms with Gasteiger partial charge in [0.15, 0.2) is 0 Å². The van der Waals surface area contributed by atoms with E-state index in [1.807, 2.05) is 18.2 Å². The van der Waals surface area contributed by atoms with Crippen LogP contribution in [0.25, 0.3) is 0 Å². The Kier molecular flexibility index (Phi) is 4.56. The fourth-order valence-corrected chi connectivity index (χ4v) is 2.54. The first kappa shape index (κ1) is 14.3. The van der Waals surface area contributed by atoms with Crippen LogP contribution in [0.2, 0.25) is 0 Å². The molecule has 4 nitrogen and oxygen atoms in total. The second-order valence-electron chi connectivity index (χ2n) is 4.88. The van der Waals surface area contributed by atoms with E-state index < -0.39 is 11.8 Å². The SMILES string of the molecule is COC(=O)C(=O)/C=C1\CCCN1C(C)c1ccccc1. The molecule has 1 saturated heterocycles. The summed E-state index contributed by atoms with van der Waals surface area (Å²) in [5, 5.41) is 0. The number of carbonyl (C=O) groups excluding carboxylic acids is 2. The molecule has 106 valence electrons. The Morgan fingerprint density at radius 3 is 2.65 bits per heavy atom. The van der Waals surface area contributed by atoms with Crippen LogP contribution in [0.15, 0.2) is 42.1 Å². The molecule has 1 aromatic rings. The highest BCUT2D eigenvalue weighted by atomic mass is 16.5. The summed E-state index contributed by atoms with van der Waals surface area (Å²) >= 11 is 0. The maximum Gasteiger partial charge on any atom is 0.378 e. The van der Waals surface area contributed by atoms with Crippen LogP contribution in [0.5, 0.6) is 0 Å². The van der Waals surface area contributed by atoms with E-state index in [0.29, 0.717) is 0 Å². The molecule has 1 aliphatic rings. The van der Waals surface area contributed by atoms with Gasteiger partial charge in [-0.1, -0.05) is 30.3 Å². The van der Waals surface area contributed by atoms with Crippen LogP contribution in [-0.4, -0.2) is 30.3 Å². The van der Waals surface area contributed by atoms with Crippen molar-refractivity contribution in [1.82, 2.24) is 4.90 Å². The molecule has 1 fully saturated rings. The number of rotatable bonds is 4. The number of carbonyl (C=O) groups is 2. The summed E-state index contributed by atoms with van der Waals surface area (Å²) in [5.74, 6) is -1.40. The molecule has 0 N–H and O–H groups in total. The van der Waals surface area contributed by atoms with Gasteiger partial charge in [0.2, 0.25) is 0 Å². The van der Waals surface area contributed by atoms with Crippen molar-refractivity contribution in [2.45, 2.75) is 25.8 Å². The normalized spacial score (nSPS) is 18.1. The standard InChI is InChI=1S/C16H19NO3/c1-12(13-7-4-3-5-8-13)17-10-6-9-14(17)11-15(18)16(19)20-2/h3-5,7-8,11-12H,6,9-10H2,1-2H3/b14-11+. The predicted molar refractivity (Wildman–Crippen MR) is 75.9 cm³/mol. The van der Waals surface area contributed by atoms with E-state index in [1.165, 1.54) is 18.7 Å². The molecule has 1 aromatic carbocycles. The molecule has 4 heteroatoms. The van der Waals surface area contributed by atoms with Gasteiger partial charge in [0, 0.05) is 18.3 Å². The van der Waals surface area contributed by atoms with Crippen LogP contribution in [-0.2, 0) is 14.3 Å². The summed E-state index contributed by atoms with van der Waals surface area (Å²) in [5.41, 5.74) is 2.11. The van der Waals surface area contributed by atoms with E-state index in [1.54, 1.807) is 0 Å². The monoisotopic (exact) mass is 273 g/mol. The lowest BCUT2D eigenvalue weighted by molar-refractivity contribution is -0.149. The number of ketones is 1. The van der Waals surface area contributed by atoms with E-state index in [4.69, 9.17) is 0 Å². The Hall–Kier alpha value is -2.10. The highest BCUT2D eigenvalue weighted by Gasteiger charge is 2.25. The number of hydrogen-bond donors (Lipinski definition) is 0. The fourth-order valence-electron chi connectivity index (χ4n) is 2.54. The molecule has 1 aliphatic heterocycles. The van der Waals surface area contributed by atoms with Crippen LogP contribution in [0, 0.1) is 0 Å². The summed E-state index contributed by atoms with van der Waals surface area (Å²) < 4.78 is 4.45. The van der Waals surface area contributed by atoms with Crippen molar-refractivity contribution in [3.8, 4) is 0 Å². The summed E-state index contributed by atoms with van der Waals surface area (Å²) in [7, 11) is 1.22. The number of methoxy groups -OCH3 is 1. The van der Waals surface area contributed by atoms with Gasteiger partial charge < -0.3 is 9.64 Å². The molecule has 0 saturated carbocycles. The van der Waals surface area contributed by atoms with Gasteiger partial charge >= 0.3 is 5.97 Å². The molecule has 0 amide bonds. The minimum atomic E-state index is -0.809. The maximum atomic E-state index is 11.7. The third-order valence-corrected chi connectivity index (χ3v) is 3.63. The van der Waals surface area contributed by atoms with E-state index in [2.05, 4.69) is 28.7 Å². The Morgan fingerprint density at radius 1 is 1.30 bits per heavy atom. The van der Waals surface area contributed by atoms with E-state index in [0.717, 1.165) is 25.1 Å². The van der Waals surface area contributed by atoms with Gasteiger partial charge in [-0.05, 0) is 25.3 Å². The number of likely N-dealkylation sites (tertiary alicyclic amines) is 1. The van der Waals surface area contributed by atoms with Crippen molar-refractivity contribution in [3.63, 3.8) is 0 Å². The fraction of sp³-hybridized carbons (Fsp3) is 0.375. The van der Waals surface area contributed by atoms with E-state index >= 15 is 0 Å². The molecule has 0 spiro atoms. The van der Waals surface area contributed by atoms with Gasteiger partial charge in [-0.3, -0.25) is 4.79 Å². The average molecular weight is 273 g/mol. The molecule has 2 rings (SSSR count). The predicted octanol–water partition coefficient (Wildman–Crippen LogP) is 2.47. The van der Waals surface area contributed by atoms with Gasteiger partial charge in [0.05, 0.1) is 13.2 Å². The lowest BCUT2D eigenvalue weighted by Gasteiger charge is -2.28. The minimum absolute atomic E-state index is 0.190. The molecule has 0 aromatic heterocycles. The first-order valence-electron chi connectivity index (χ1n) is 6.78. The Bertz CT molecular complexity index is 522. The molecule has 1 unspecified atom stereocenters. The molecule has 1 atom stereocenters. The number of hydrogen-bond acceptors (Lipinski definition) is 4. The van der Waals surface area contributed by atoms with Gasteiger partial charge in [-0.2, -0.15) is 0 Å². The van der Waals surface area contributed by atoms with Crippen molar-refractivity contribution < 1.29 is 14.3 Å². The number of ether oxygens (including phenoxy) is 1. The third kappa shape index (κ3) is 3.07. The first-order valence-corrected chi connectivity index (χ1v) is 6.78. The quantitative estimate of drug-likeness (QED) is 0.480. The number of allylic oxidation sites excluding steroid dienone is 1. The zero-order valence-corrected chi connectivity index (χ0v) is 11.8. The van der Waals surface area contributed by atoms with Gasteiger partial charge in [0.1, 0.15) is 0 Å². The Balaban J connectivity index is 2.17. The topological polar surface area (TPSA) is 46.6 Å². The molecular formula is C16H19NO3. The van der Waals surface area contributed by atoms with Gasteiger partial charge in [-0.15, -0.1) is 0 Å². The molecule has 1 heterocycles. The smallest absolute Gasteiger partial charge is 0.378 e. The van der Waals surface area contributed by atoms with Crippen LogP contribution in [0.4, 0.5) is 0 Å². The van der Waals surface area contributed by atoms with Crippen LogP contribution in [0.3, 0.4) is 0 Å². The zero-order chi connectivity index (χ0) is 14.5. The maximum absolute atomic E-state index is 11.7. The van der Waals surface area contributed by atoms with E-state index in [9.17, 15) is 9.59 Å². The second-order valence-corrected chi connectivity index (χ2v) is 4.88. The lowest BCUT2D eigenvalue weighted by atomic mass is 10.1. The largest absolute Gasteiger partial charge is 0.463 e. The molecular weight excluding hydrogens is 254 g/mol. The number of esters is 1. The van der Waals surface area contributed by atoms with Crippen LogP contribution >= 0.6 is 0 Å². The van der Waals surface area contributed by atoms with E-state index in [-0.39, 0.29) is 6.04 Å². The van der Waals surface area contributed by atoms with Crippen molar-refractivity contribution >= 4 is 11.8 Å². The number of nitrogens with zero attached hydrogens (tertiary/aromatic N) is 1. The number of benzene rings is 1. The van der Waals surface area contributed by atoms with Crippen molar-refractivity contribution in [2.75, 3.05) is 13.7 Å². The minimum Gasteiger partial charge on any atom is -0.463 e. The summed E-state index contributed by atoms with van der Waals surface area (Å²) in [6.07, 6.45) is 3.23. The average Bonchev–Trinajstić information content (AvgIpc) is 2.94. The summed E-state index contributed by atoms with van der Waals surface area (Å²) in [6, 6.07) is 10.3. The van der Waals surface area contributed by atoms with Crippen molar-refractivity contribution in [3.05, 3.63) is 47.7 Å². The molecule has 20 heavy (non-hydrogen) atoms. The van der Waals surface area contributed by atoms with Gasteiger partial charge in [-0.25, -0.2) is 4.79 Å². The third-order valence-electron chi connectivity index (χ3n) is 3.63. The first-order chi connectivity index (χ1) is 9.63. The van der Waals surface area contributed by atoms with Gasteiger partial charge in [0.25, 0.3) is 5.78 Å². The Labute approximate surface area is 119 Å². The second kappa shape index (κ2) is 6.37. The van der Waals surface area contributed by atoms with Crippen molar-refractivity contribution in [1.29, 1.82) is 0 Å².